The highest BCUT2D eigenvalue weighted by Crippen LogP contribution is 2.34. The lowest BCUT2D eigenvalue weighted by atomic mass is 10.2. The Morgan fingerprint density at radius 3 is 3.00 bits per heavy atom. The molecule has 2 aromatic rings. The number of halogens is 1. The minimum absolute atomic E-state index is 0.0781. The average Bonchev–Trinajstić information content (AvgIpc) is 2.93. The second kappa shape index (κ2) is 4.76. The molecule has 0 amide bonds. The molecular weight excluding hydrogens is 292 g/mol. The first-order valence-electron chi connectivity index (χ1n) is 5.22. The first-order valence-corrected chi connectivity index (χ1v) is 8.45. The van der Waals surface area contributed by atoms with Crippen LogP contribution in [0.1, 0.15) is 25.0 Å². The van der Waals surface area contributed by atoms with Crippen LogP contribution < -0.4 is 0 Å². The van der Waals surface area contributed by atoms with E-state index in [1.165, 1.54) is 27.5 Å². The van der Waals surface area contributed by atoms with E-state index in [4.69, 9.17) is 11.6 Å². The van der Waals surface area contributed by atoms with E-state index >= 15 is 0 Å². The summed E-state index contributed by atoms with van der Waals surface area (Å²) >= 11 is 11.0. The number of hydrogen-bond donors (Lipinski definition) is 0. The maximum atomic E-state index is 12.3. The number of fused-ring (bicyclic) bond motifs is 1. The Kier molecular flexibility index (Phi) is 3.30. The lowest BCUT2D eigenvalue weighted by molar-refractivity contribution is 0.104. The van der Waals surface area contributed by atoms with Crippen molar-refractivity contribution in [3.05, 3.63) is 42.7 Å². The predicted octanol–water partition coefficient (Wildman–Crippen LogP) is 4.48. The van der Waals surface area contributed by atoms with Gasteiger partial charge in [-0.05, 0) is 35.2 Å². The summed E-state index contributed by atoms with van der Waals surface area (Å²) in [7, 11) is 0. The van der Waals surface area contributed by atoms with Gasteiger partial charge >= 0.3 is 0 Å². The van der Waals surface area contributed by atoms with E-state index in [0.717, 1.165) is 17.1 Å². The van der Waals surface area contributed by atoms with E-state index in [2.05, 4.69) is 0 Å². The van der Waals surface area contributed by atoms with E-state index in [9.17, 15) is 4.79 Å². The zero-order valence-electron chi connectivity index (χ0n) is 8.86. The van der Waals surface area contributed by atoms with Crippen LogP contribution in [-0.2, 0) is 12.2 Å². The molecule has 5 heteroatoms. The Labute approximate surface area is 117 Å². The summed E-state index contributed by atoms with van der Waals surface area (Å²) < 4.78 is 0. The fourth-order valence-electron chi connectivity index (χ4n) is 1.83. The van der Waals surface area contributed by atoms with Crippen molar-refractivity contribution in [1.29, 1.82) is 0 Å². The number of ketones is 1. The van der Waals surface area contributed by atoms with Gasteiger partial charge in [0.25, 0.3) is 0 Å². The summed E-state index contributed by atoms with van der Waals surface area (Å²) in [5.74, 6) is 2.28. The molecule has 0 saturated carbocycles. The normalized spacial score (nSPS) is 14.6. The van der Waals surface area contributed by atoms with Crippen LogP contribution in [0.5, 0.6) is 0 Å². The fraction of sp³-hybridized carbons (Fsp3) is 0.250. The molecule has 0 N–H and O–H groups in total. The zero-order valence-corrected chi connectivity index (χ0v) is 12.1. The van der Waals surface area contributed by atoms with E-state index < -0.39 is 0 Å². The van der Waals surface area contributed by atoms with Crippen LogP contribution in [0.3, 0.4) is 0 Å². The molecule has 0 aromatic carbocycles. The van der Waals surface area contributed by atoms with Crippen LogP contribution in [0.15, 0.2) is 17.5 Å². The van der Waals surface area contributed by atoms with Gasteiger partial charge in [-0.15, -0.1) is 22.7 Å². The highest BCUT2D eigenvalue weighted by atomic mass is 35.5. The molecule has 0 fully saturated rings. The molecule has 3 rings (SSSR count). The maximum absolute atomic E-state index is 12.3. The van der Waals surface area contributed by atoms with Crippen molar-refractivity contribution in [3.8, 4) is 0 Å². The van der Waals surface area contributed by atoms with Gasteiger partial charge in [0, 0.05) is 10.6 Å². The first-order chi connectivity index (χ1) is 8.25. The van der Waals surface area contributed by atoms with Crippen LogP contribution in [0, 0.1) is 0 Å². The molecule has 88 valence electrons. The monoisotopic (exact) mass is 300 g/mol. The van der Waals surface area contributed by atoms with Gasteiger partial charge in [-0.1, -0.05) is 11.6 Å². The van der Waals surface area contributed by atoms with Crippen molar-refractivity contribution >= 4 is 51.8 Å². The molecule has 0 saturated heterocycles. The maximum Gasteiger partial charge on any atom is 0.214 e. The third-order valence-electron chi connectivity index (χ3n) is 2.67. The molecule has 0 radical (unpaired) electrons. The lowest BCUT2D eigenvalue weighted by Crippen LogP contribution is -1.96. The summed E-state index contributed by atoms with van der Waals surface area (Å²) in [5, 5.41) is 2.43. The molecule has 0 unspecified atom stereocenters. The van der Waals surface area contributed by atoms with Crippen LogP contribution in [0.2, 0.25) is 5.02 Å². The quantitative estimate of drug-likeness (QED) is 0.761. The van der Waals surface area contributed by atoms with Crippen LogP contribution in [0.4, 0.5) is 0 Å². The second-order valence-corrected chi connectivity index (χ2v) is 7.35. The topological polar surface area (TPSA) is 17.1 Å². The number of carbonyl (C=O) groups excluding carboxylic acids is 1. The molecule has 1 nitrogen and oxygen atoms in total. The molecule has 3 heterocycles. The van der Waals surface area contributed by atoms with Crippen molar-refractivity contribution in [2.75, 3.05) is 5.75 Å². The van der Waals surface area contributed by atoms with Gasteiger partial charge in [0.2, 0.25) is 5.78 Å². The largest absolute Gasteiger partial charge is 0.287 e. The zero-order chi connectivity index (χ0) is 11.8. The molecule has 17 heavy (non-hydrogen) atoms. The first kappa shape index (κ1) is 11.8. The number of thioether (sulfide) groups is 1. The summed E-state index contributed by atoms with van der Waals surface area (Å²) in [6, 6.07) is 3.83. The van der Waals surface area contributed by atoms with E-state index in [0.29, 0.717) is 9.90 Å². The minimum Gasteiger partial charge on any atom is -0.287 e. The third-order valence-corrected chi connectivity index (χ3v) is 6.26. The van der Waals surface area contributed by atoms with Crippen LogP contribution >= 0.6 is 46.0 Å². The van der Waals surface area contributed by atoms with Crippen molar-refractivity contribution in [2.45, 2.75) is 12.2 Å². The van der Waals surface area contributed by atoms with E-state index in [-0.39, 0.29) is 5.78 Å². The molecule has 1 aliphatic rings. The van der Waals surface area contributed by atoms with Crippen molar-refractivity contribution in [3.63, 3.8) is 0 Å². The summed E-state index contributed by atoms with van der Waals surface area (Å²) in [6.07, 6.45) is 1.09. The van der Waals surface area contributed by atoms with Crippen LogP contribution in [0.25, 0.3) is 0 Å². The average molecular weight is 301 g/mol. The number of thiophene rings is 2. The molecule has 0 bridgehead atoms. The van der Waals surface area contributed by atoms with E-state index in [1.807, 2.05) is 23.2 Å². The molecule has 0 spiro atoms. The summed E-state index contributed by atoms with van der Waals surface area (Å²) in [4.78, 5) is 15.2. The smallest absolute Gasteiger partial charge is 0.214 e. The van der Waals surface area contributed by atoms with E-state index in [1.54, 1.807) is 17.4 Å². The van der Waals surface area contributed by atoms with Gasteiger partial charge < -0.3 is 0 Å². The fourth-order valence-corrected chi connectivity index (χ4v) is 5.30. The minimum atomic E-state index is 0.0781. The highest BCUT2D eigenvalue weighted by Gasteiger charge is 2.20. The Morgan fingerprint density at radius 2 is 2.29 bits per heavy atom. The molecule has 1 aliphatic heterocycles. The van der Waals surface area contributed by atoms with Gasteiger partial charge in [0.15, 0.2) is 0 Å². The Morgan fingerprint density at radius 1 is 1.41 bits per heavy atom. The Hall–Kier alpha value is -0.290. The summed E-state index contributed by atoms with van der Waals surface area (Å²) in [5.41, 5.74) is 1.34. The molecule has 2 aromatic heterocycles. The van der Waals surface area contributed by atoms with Gasteiger partial charge in [-0.25, -0.2) is 0 Å². The number of hydrogen-bond acceptors (Lipinski definition) is 4. The highest BCUT2D eigenvalue weighted by molar-refractivity contribution is 7.98. The Bertz CT molecular complexity index is 547. The number of rotatable bonds is 2. The number of carbonyl (C=O) groups is 1. The lowest BCUT2D eigenvalue weighted by Gasteiger charge is -2.08. The Balaban J connectivity index is 1.97. The van der Waals surface area contributed by atoms with Crippen LogP contribution in [-0.4, -0.2) is 11.5 Å². The molecule has 0 atom stereocenters. The van der Waals surface area contributed by atoms with Crippen molar-refractivity contribution in [1.82, 2.24) is 0 Å². The van der Waals surface area contributed by atoms with Crippen molar-refractivity contribution in [2.24, 2.45) is 0 Å². The van der Waals surface area contributed by atoms with Gasteiger partial charge in [-0.2, -0.15) is 11.8 Å². The predicted molar refractivity (Wildman–Crippen MR) is 76.9 cm³/mol. The number of aryl methyl sites for hydroxylation is 1. The SMILES string of the molecule is O=C(c1cc2c(s1)CCSC2)c1sccc1Cl. The third kappa shape index (κ3) is 2.19. The van der Waals surface area contributed by atoms with Gasteiger partial charge in [-0.3, -0.25) is 4.79 Å². The second-order valence-electron chi connectivity index (χ2n) is 3.79. The summed E-state index contributed by atoms with van der Waals surface area (Å²) in [6.45, 7) is 0. The van der Waals surface area contributed by atoms with Gasteiger partial charge in [0.05, 0.1) is 14.8 Å². The standard InChI is InChI=1S/C12H9ClOS3/c13-8-1-4-16-12(8)11(14)10-5-7-6-15-3-2-9(7)17-10/h1,4-5H,2-3,6H2. The molecular formula is C12H9ClOS3. The van der Waals surface area contributed by atoms with Crippen molar-refractivity contribution < 1.29 is 4.79 Å². The van der Waals surface area contributed by atoms with Gasteiger partial charge in [0.1, 0.15) is 0 Å². The molecule has 0 aliphatic carbocycles.